The number of anilines is 1. The van der Waals surface area contributed by atoms with Crippen molar-refractivity contribution in [1.29, 1.82) is 0 Å². The molecule has 0 aliphatic heterocycles. The van der Waals surface area contributed by atoms with Gasteiger partial charge in [0.05, 0.1) is 11.3 Å². The fourth-order valence-corrected chi connectivity index (χ4v) is 2.33. The Balaban J connectivity index is 2.45. The summed E-state index contributed by atoms with van der Waals surface area (Å²) in [7, 11) is 0. The van der Waals surface area contributed by atoms with Gasteiger partial charge in [-0.2, -0.15) is 5.10 Å². The van der Waals surface area contributed by atoms with Crippen LogP contribution < -0.4 is 10.9 Å². The second-order valence-corrected chi connectivity index (χ2v) is 6.17. The fraction of sp³-hybridized carbons (Fsp3) is 0.500. The standard InChI is InChI=1S/C12H17N5OS/c1-5-13-11-17-16-10(19-11)7-6-8(12(2,3)4)14-15-9(7)18/h6H,5H2,1-4H3,(H,13,17)(H,15,18). The van der Waals surface area contributed by atoms with Crippen molar-refractivity contribution in [2.24, 2.45) is 0 Å². The Kier molecular flexibility index (Phi) is 3.66. The Morgan fingerprint density at radius 1 is 1.37 bits per heavy atom. The lowest BCUT2D eigenvalue weighted by Crippen LogP contribution is -2.20. The van der Waals surface area contributed by atoms with Crippen molar-refractivity contribution in [3.63, 3.8) is 0 Å². The summed E-state index contributed by atoms with van der Waals surface area (Å²) in [6, 6.07) is 1.79. The zero-order chi connectivity index (χ0) is 14.0. The van der Waals surface area contributed by atoms with Crippen LogP contribution in [0.5, 0.6) is 0 Å². The average molecular weight is 279 g/mol. The summed E-state index contributed by atoms with van der Waals surface area (Å²) in [5, 5.41) is 19.1. The number of nitrogens with zero attached hydrogens (tertiary/aromatic N) is 3. The first-order valence-corrected chi connectivity index (χ1v) is 6.91. The second kappa shape index (κ2) is 5.08. The predicted molar refractivity (Wildman–Crippen MR) is 76.6 cm³/mol. The zero-order valence-corrected chi connectivity index (χ0v) is 12.3. The molecule has 0 aliphatic carbocycles. The number of aromatic amines is 1. The van der Waals surface area contributed by atoms with E-state index in [1.807, 2.05) is 27.7 Å². The first-order chi connectivity index (χ1) is 8.91. The van der Waals surface area contributed by atoms with Crippen molar-refractivity contribution in [1.82, 2.24) is 20.4 Å². The molecule has 0 radical (unpaired) electrons. The van der Waals surface area contributed by atoms with Crippen molar-refractivity contribution in [2.75, 3.05) is 11.9 Å². The van der Waals surface area contributed by atoms with E-state index in [4.69, 9.17) is 0 Å². The van der Waals surface area contributed by atoms with Gasteiger partial charge < -0.3 is 5.32 Å². The summed E-state index contributed by atoms with van der Waals surface area (Å²) in [6.45, 7) is 8.89. The number of H-pyrrole nitrogens is 1. The highest BCUT2D eigenvalue weighted by atomic mass is 32.1. The number of hydrogen-bond donors (Lipinski definition) is 2. The number of hydrogen-bond acceptors (Lipinski definition) is 6. The maximum absolute atomic E-state index is 11.9. The second-order valence-electron chi connectivity index (χ2n) is 5.19. The summed E-state index contributed by atoms with van der Waals surface area (Å²) in [5.41, 5.74) is 0.963. The van der Waals surface area contributed by atoms with E-state index in [9.17, 15) is 4.79 Å². The molecule has 0 atom stereocenters. The molecule has 19 heavy (non-hydrogen) atoms. The maximum atomic E-state index is 11.9. The minimum atomic E-state index is -0.243. The van der Waals surface area contributed by atoms with Crippen molar-refractivity contribution in [3.05, 3.63) is 22.1 Å². The van der Waals surface area contributed by atoms with Crippen LogP contribution in [0.1, 0.15) is 33.4 Å². The van der Waals surface area contributed by atoms with Crippen molar-refractivity contribution < 1.29 is 0 Å². The van der Waals surface area contributed by atoms with Crippen LogP contribution in [0.3, 0.4) is 0 Å². The van der Waals surface area contributed by atoms with Crippen LogP contribution in [0, 0.1) is 0 Å². The van der Waals surface area contributed by atoms with Gasteiger partial charge in [0.1, 0.15) is 0 Å². The lowest BCUT2D eigenvalue weighted by atomic mass is 9.91. The molecule has 2 heterocycles. The summed E-state index contributed by atoms with van der Waals surface area (Å²) in [6.07, 6.45) is 0. The average Bonchev–Trinajstić information content (AvgIpc) is 2.77. The highest BCUT2D eigenvalue weighted by Gasteiger charge is 2.19. The Hall–Kier alpha value is -1.76. The number of nitrogens with one attached hydrogen (secondary N) is 2. The highest BCUT2D eigenvalue weighted by Crippen LogP contribution is 2.26. The molecular formula is C12H17N5OS. The molecular weight excluding hydrogens is 262 g/mol. The van der Waals surface area contributed by atoms with Gasteiger partial charge in [0, 0.05) is 12.0 Å². The van der Waals surface area contributed by atoms with Crippen LogP contribution in [0.4, 0.5) is 5.13 Å². The summed E-state index contributed by atoms with van der Waals surface area (Å²) in [4.78, 5) is 11.9. The Bertz CT molecular complexity index is 626. The van der Waals surface area contributed by atoms with E-state index < -0.39 is 0 Å². The normalized spacial score (nSPS) is 11.6. The quantitative estimate of drug-likeness (QED) is 0.898. The Morgan fingerprint density at radius 3 is 2.74 bits per heavy atom. The Morgan fingerprint density at radius 2 is 2.11 bits per heavy atom. The van der Waals surface area contributed by atoms with E-state index in [2.05, 4.69) is 25.7 Å². The number of aromatic nitrogens is 4. The molecule has 0 amide bonds. The zero-order valence-electron chi connectivity index (χ0n) is 11.4. The smallest absolute Gasteiger partial charge is 0.274 e. The van der Waals surface area contributed by atoms with Crippen LogP contribution in [-0.2, 0) is 5.41 Å². The summed E-state index contributed by atoms with van der Waals surface area (Å²) in [5.74, 6) is 0. The van der Waals surface area contributed by atoms with Crippen LogP contribution in [0.2, 0.25) is 0 Å². The first kappa shape index (κ1) is 13.7. The molecule has 0 saturated heterocycles. The third-order valence-corrected chi connectivity index (χ3v) is 3.47. The minimum Gasteiger partial charge on any atom is -0.360 e. The molecule has 0 fully saturated rings. The summed E-state index contributed by atoms with van der Waals surface area (Å²) >= 11 is 1.36. The van der Waals surface area contributed by atoms with Gasteiger partial charge in [0.2, 0.25) is 5.13 Å². The molecule has 2 N–H and O–H groups in total. The van der Waals surface area contributed by atoms with Gasteiger partial charge in [-0.25, -0.2) is 5.10 Å². The van der Waals surface area contributed by atoms with Crippen molar-refractivity contribution in [3.8, 4) is 10.6 Å². The molecule has 0 aromatic carbocycles. The van der Waals surface area contributed by atoms with Gasteiger partial charge in [-0.05, 0) is 13.0 Å². The van der Waals surface area contributed by atoms with E-state index in [-0.39, 0.29) is 11.0 Å². The van der Waals surface area contributed by atoms with E-state index in [0.717, 1.165) is 12.2 Å². The van der Waals surface area contributed by atoms with Crippen LogP contribution in [-0.4, -0.2) is 26.9 Å². The summed E-state index contributed by atoms with van der Waals surface area (Å²) < 4.78 is 0. The topological polar surface area (TPSA) is 83.6 Å². The predicted octanol–water partition coefficient (Wildman–Crippen LogP) is 2.02. The molecule has 7 heteroatoms. The van der Waals surface area contributed by atoms with Gasteiger partial charge in [0.25, 0.3) is 5.56 Å². The van der Waals surface area contributed by atoms with Crippen LogP contribution in [0.25, 0.3) is 10.6 Å². The molecule has 0 bridgehead atoms. The van der Waals surface area contributed by atoms with E-state index in [1.165, 1.54) is 11.3 Å². The molecule has 0 unspecified atom stereocenters. The number of rotatable bonds is 3. The minimum absolute atomic E-state index is 0.131. The molecule has 2 rings (SSSR count). The van der Waals surface area contributed by atoms with E-state index in [0.29, 0.717) is 15.7 Å². The van der Waals surface area contributed by atoms with Gasteiger partial charge in [0.15, 0.2) is 5.01 Å². The molecule has 102 valence electrons. The third-order valence-electron chi connectivity index (χ3n) is 2.56. The monoisotopic (exact) mass is 279 g/mol. The van der Waals surface area contributed by atoms with Crippen LogP contribution >= 0.6 is 11.3 Å². The molecule has 2 aromatic rings. The lowest BCUT2D eigenvalue weighted by Gasteiger charge is -2.16. The van der Waals surface area contributed by atoms with Gasteiger partial charge >= 0.3 is 0 Å². The van der Waals surface area contributed by atoms with Crippen LogP contribution in [0.15, 0.2) is 10.9 Å². The molecule has 2 aromatic heterocycles. The van der Waals surface area contributed by atoms with Gasteiger partial charge in [-0.1, -0.05) is 32.1 Å². The van der Waals surface area contributed by atoms with E-state index >= 15 is 0 Å². The Labute approximate surface area is 115 Å². The van der Waals surface area contributed by atoms with Gasteiger partial charge in [-0.3, -0.25) is 4.79 Å². The van der Waals surface area contributed by atoms with Gasteiger partial charge in [-0.15, -0.1) is 10.2 Å². The molecule has 0 spiro atoms. The van der Waals surface area contributed by atoms with Crippen molar-refractivity contribution in [2.45, 2.75) is 33.1 Å². The van der Waals surface area contributed by atoms with E-state index in [1.54, 1.807) is 6.07 Å². The first-order valence-electron chi connectivity index (χ1n) is 6.09. The highest BCUT2D eigenvalue weighted by molar-refractivity contribution is 7.18. The fourth-order valence-electron chi connectivity index (χ4n) is 1.50. The molecule has 0 aliphatic rings. The third kappa shape index (κ3) is 2.98. The largest absolute Gasteiger partial charge is 0.360 e. The van der Waals surface area contributed by atoms with Crippen molar-refractivity contribution >= 4 is 16.5 Å². The maximum Gasteiger partial charge on any atom is 0.274 e. The SMILES string of the molecule is CCNc1nnc(-c2cc(C(C)(C)C)n[nH]c2=O)s1. The lowest BCUT2D eigenvalue weighted by molar-refractivity contribution is 0.557. The molecule has 6 nitrogen and oxygen atoms in total. The molecule has 0 saturated carbocycles.